The van der Waals surface area contributed by atoms with E-state index in [9.17, 15) is 4.79 Å². The van der Waals surface area contributed by atoms with E-state index in [1.807, 2.05) is 6.92 Å². The fourth-order valence-corrected chi connectivity index (χ4v) is 0.985. The number of amides is 1. The highest BCUT2D eigenvalue weighted by molar-refractivity contribution is 5.80. The first kappa shape index (κ1) is 10.4. The lowest BCUT2D eigenvalue weighted by Gasteiger charge is -2.05. The number of hydrogen-bond donors (Lipinski definition) is 2. The summed E-state index contributed by atoms with van der Waals surface area (Å²) in [5.41, 5.74) is 0. The molecule has 1 amide bonds. The Morgan fingerprint density at radius 3 is 3.00 bits per heavy atom. The number of hydrogen-bond acceptors (Lipinski definition) is 4. The van der Waals surface area contributed by atoms with Gasteiger partial charge >= 0.3 is 0 Å². The van der Waals surface area contributed by atoms with Crippen molar-refractivity contribution in [2.24, 2.45) is 0 Å². The monoisotopic (exact) mass is 194 g/mol. The molecule has 1 aromatic heterocycles. The van der Waals surface area contributed by atoms with Gasteiger partial charge in [-0.1, -0.05) is 0 Å². The van der Waals surface area contributed by atoms with Crippen LogP contribution in [-0.2, 0) is 4.79 Å². The molecule has 0 spiro atoms. The van der Waals surface area contributed by atoms with Crippen LogP contribution < -0.4 is 10.6 Å². The summed E-state index contributed by atoms with van der Waals surface area (Å²) >= 11 is 0. The molecule has 0 saturated carbocycles. The normalized spacial score (nSPS) is 9.57. The summed E-state index contributed by atoms with van der Waals surface area (Å²) in [5.74, 6) is 1.32. The minimum absolute atomic E-state index is 0.0382. The van der Waals surface area contributed by atoms with Gasteiger partial charge in [0.05, 0.1) is 6.54 Å². The molecule has 0 unspecified atom stereocenters. The number of nitrogens with one attached hydrogen (secondary N) is 2. The Labute approximate surface area is 83.0 Å². The Balaban J connectivity index is 2.41. The molecule has 0 aliphatic heterocycles. The SMILES string of the molecule is CCNC(=O)CNc1ccnc(C)n1. The number of nitrogens with zero attached hydrogens (tertiary/aromatic N) is 2. The van der Waals surface area contributed by atoms with E-state index in [2.05, 4.69) is 20.6 Å². The summed E-state index contributed by atoms with van der Waals surface area (Å²) in [4.78, 5) is 19.1. The third-order valence-electron chi connectivity index (χ3n) is 1.58. The molecule has 0 bridgehead atoms. The average molecular weight is 194 g/mol. The fraction of sp³-hybridized carbons (Fsp3) is 0.444. The molecule has 0 aliphatic rings. The van der Waals surface area contributed by atoms with E-state index in [0.29, 0.717) is 18.2 Å². The predicted molar refractivity (Wildman–Crippen MR) is 53.9 cm³/mol. The largest absolute Gasteiger partial charge is 0.361 e. The molecule has 0 fully saturated rings. The summed E-state index contributed by atoms with van der Waals surface area (Å²) in [5, 5.41) is 5.59. The average Bonchev–Trinajstić information content (AvgIpc) is 2.15. The highest BCUT2D eigenvalue weighted by Gasteiger charge is 1.99. The van der Waals surface area contributed by atoms with Gasteiger partial charge < -0.3 is 10.6 Å². The minimum atomic E-state index is -0.0382. The van der Waals surface area contributed by atoms with Crippen molar-refractivity contribution >= 4 is 11.7 Å². The van der Waals surface area contributed by atoms with Crippen LogP contribution >= 0.6 is 0 Å². The number of aromatic nitrogens is 2. The molecule has 76 valence electrons. The van der Waals surface area contributed by atoms with Crippen LogP contribution in [0.5, 0.6) is 0 Å². The lowest BCUT2D eigenvalue weighted by molar-refractivity contribution is -0.119. The molecule has 1 heterocycles. The third-order valence-corrected chi connectivity index (χ3v) is 1.58. The molecule has 0 atom stereocenters. The van der Waals surface area contributed by atoms with Crippen molar-refractivity contribution in [1.82, 2.24) is 15.3 Å². The van der Waals surface area contributed by atoms with Gasteiger partial charge in [-0.3, -0.25) is 4.79 Å². The Bertz CT molecular complexity index is 313. The van der Waals surface area contributed by atoms with Gasteiger partial charge in [0.2, 0.25) is 5.91 Å². The minimum Gasteiger partial charge on any atom is -0.361 e. The van der Waals surface area contributed by atoms with E-state index in [1.54, 1.807) is 19.2 Å². The zero-order chi connectivity index (χ0) is 10.4. The molecule has 0 aromatic carbocycles. The molecule has 5 heteroatoms. The van der Waals surface area contributed by atoms with Crippen molar-refractivity contribution in [2.75, 3.05) is 18.4 Å². The lowest BCUT2D eigenvalue weighted by atomic mass is 10.5. The Kier molecular flexibility index (Phi) is 3.84. The molecule has 0 aliphatic carbocycles. The molecular formula is C9H14N4O. The summed E-state index contributed by atoms with van der Waals surface area (Å²) in [6.07, 6.45) is 1.66. The maximum Gasteiger partial charge on any atom is 0.239 e. The summed E-state index contributed by atoms with van der Waals surface area (Å²) in [6, 6.07) is 1.73. The van der Waals surface area contributed by atoms with Crippen LogP contribution in [0.25, 0.3) is 0 Å². The molecule has 0 radical (unpaired) electrons. The molecule has 5 nitrogen and oxygen atoms in total. The summed E-state index contributed by atoms with van der Waals surface area (Å²) < 4.78 is 0. The molecule has 0 saturated heterocycles. The van der Waals surface area contributed by atoms with Gasteiger partial charge in [0, 0.05) is 12.7 Å². The summed E-state index contributed by atoms with van der Waals surface area (Å²) in [7, 11) is 0. The lowest BCUT2D eigenvalue weighted by Crippen LogP contribution is -2.29. The van der Waals surface area contributed by atoms with Crippen molar-refractivity contribution in [3.05, 3.63) is 18.1 Å². The van der Waals surface area contributed by atoms with E-state index in [0.717, 1.165) is 0 Å². The van der Waals surface area contributed by atoms with Crippen LogP contribution in [0, 0.1) is 6.92 Å². The van der Waals surface area contributed by atoms with Crippen molar-refractivity contribution < 1.29 is 4.79 Å². The van der Waals surface area contributed by atoms with Gasteiger partial charge in [-0.15, -0.1) is 0 Å². The van der Waals surface area contributed by atoms with E-state index in [-0.39, 0.29) is 12.5 Å². The van der Waals surface area contributed by atoms with Gasteiger partial charge in [-0.25, -0.2) is 9.97 Å². The Hall–Kier alpha value is -1.65. The van der Waals surface area contributed by atoms with Crippen LogP contribution in [0.15, 0.2) is 12.3 Å². The van der Waals surface area contributed by atoms with Crippen molar-refractivity contribution in [3.8, 4) is 0 Å². The van der Waals surface area contributed by atoms with E-state index < -0.39 is 0 Å². The van der Waals surface area contributed by atoms with Crippen molar-refractivity contribution in [3.63, 3.8) is 0 Å². The molecule has 1 rings (SSSR count). The zero-order valence-electron chi connectivity index (χ0n) is 8.37. The second-order valence-electron chi connectivity index (χ2n) is 2.80. The van der Waals surface area contributed by atoms with Gasteiger partial charge in [-0.05, 0) is 19.9 Å². The predicted octanol–water partition coefficient (Wildman–Crippen LogP) is 0.333. The van der Waals surface area contributed by atoms with Gasteiger partial charge in [0.25, 0.3) is 0 Å². The number of rotatable bonds is 4. The topological polar surface area (TPSA) is 66.9 Å². The van der Waals surface area contributed by atoms with Crippen LogP contribution in [-0.4, -0.2) is 29.0 Å². The van der Waals surface area contributed by atoms with Gasteiger partial charge in [-0.2, -0.15) is 0 Å². The molecule has 14 heavy (non-hydrogen) atoms. The number of carbonyl (C=O) groups excluding carboxylic acids is 1. The van der Waals surface area contributed by atoms with Crippen LogP contribution in [0.4, 0.5) is 5.82 Å². The standard InChI is InChI=1S/C9H14N4O/c1-3-10-9(14)6-12-8-4-5-11-7(2)13-8/h4-5H,3,6H2,1-2H3,(H,10,14)(H,11,12,13). The molecule has 2 N–H and O–H groups in total. The van der Waals surface area contributed by atoms with Crippen molar-refractivity contribution in [1.29, 1.82) is 0 Å². The van der Waals surface area contributed by atoms with E-state index >= 15 is 0 Å². The Morgan fingerprint density at radius 1 is 1.57 bits per heavy atom. The maximum atomic E-state index is 11.1. The quantitative estimate of drug-likeness (QED) is 0.725. The first-order valence-electron chi connectivity index (χ1n) is 4.52. The van der Waals surface area contributed by atoms with Gasteiger partial charge in [0.1, 0.15) is 11.6 Å². The molecular weight excluding hydrogens is 180 g/mol. The van der Waals surface area contributed by atoms with Crippen LogP contribution in [0.1, 0.15) is 12.7 Å². The number of anilines is 1. The second-order valence-corrected chi connectivity index (χ2v) is 2.80. The van der Waals surface area contributed by atoms with E-state index in [4.69, 9.17) is 0 Å². The number of likely N-dealkylation sites (N-methyl/N-ethyl adjacent to an activating group) is 1. The first-order valence-corrected chi connectivity index (χ1v) is 4.52. The zero-order valence-corrected chi connectivity index (χ0v) is 8.37. The number of carbonyl (C=O) groups is 1. The second kappa shape index (κ2) is 5.16. The number of aryl methyl sites for hydroxylation is 1. The first-order chi connectivity index (χ1) is 6.72. The highest BCUT2D eigenvalue weighted by atomic mass is 16.1. The third kappa shape index (κ3) is 3.38. The van der Waals surface area contributed by atoms with Crippen LogP contribution in [0.3, 0.4) is 0 Å². The van der Waals surface area contributed by atoms with E-state index in [1.165, 1.54) is 0 Å². The van der Waals surface area contributed by atoms with Crippen LogP contribution in [0.2, 0.25) is 0 Å². The van der Waals surface area contributed by atoms with Gasteiger partial charge in [0.15, 0.2) is 0 Å². The summed E-state index contributed by atoms with van der Waals surface area (Å²) in [6.45, 7) is 4.57. The maximum absolute atomic E-state index is 11.1. The smallest absolute Gasteiger partial charge is 0.239 e. The molecule has 1 aromatic rings. The van der Waals surface area contributed by atoms with Crippen molar-refractivity contribution in [2.45, 2.75) is 13.8 Å². The highest BCUT2D eigenvalue weighted by Crippen LogP contribution is 1.99. The fourth-order valence-electron chi connectivity index (χ4n) is 0.985. The Morgan fingerprint density at radius 2 is 2.36 bits per heavy atom.